The molecule has 0 amide bonds. The molecular formula is C34H32O3Si. The lowest BCUT2D eigenvalue weighted by atomic mass is 9.86. The minimum absolute atomic E-state index is 0.0193. The third-order valence-corrected chi connectivity index (χ3v) is 13.3. The number of carbonyl (C=O) groups excluding carboxylic acids is 2. The van der Waals surface area contributed by atoms with Gasteiger partial charge < -0.3 is 4.43 Å². The van der Waals surface area contributed by atoms with Gasteiger partial charge in [0.15, 0.2) is 0 Å². The van der Waals surface area contributed by atoms with Crippen LogP contribution in [-0.2, 0) is 15.6 Å². The second-order valence-corrected chi connectivity index (χ2v) is 15.8. The molecule has 4 heteroatoms. The van der Waals surface area contributed by atoms with Crippen molar-refractivity contribution in [2.75, 3.05) is 0 Å². The maximum absolute atomic E-state index is 12.6. The molecule has 0 aliphatic heterocycles. The molecule has 1 atom stereocenters. The van der Waals surface area contributed by atoms with E-state index in [9.17, 15) is 9.59 Å². The molecule has 0 spiro atoms. The highest BCUT2D eigenvalue weighted by atomic mass is 28.4. The Morgan fingerprint density at radius 3 is 2.08 bits per heavy atom. The van der Waals surface area contributed by atoms with E-state index in [2.05, 4.69) is 94.4 Å². The van der Waals surface area contributed by atoms with Crippen molar-refractivity contribution in [3.05, 3.63) is 113 Å². The maximum atomic E-state index is 12.6. The highest BCUT2D eigenvalue weighted by Gasteiger charge is 2.52. The minimum atomic E-state index is -2.70. The third kappa shape index (κ3) is 3.66. The van der Waals surface area contributed by atoms with Gasteiger partial charge >= 0.3 is 0 Å². The van der Waals surface area contributed by atoms with Crippen molar-refractivity contribution in [3.63, 3.8) is 0 Å². The van der Waals surface area contributed by atoms with Crippen LogP contribution in [0.1, 0.15) is 65.9 Å². The molecule has 4 aromatic rings. The van der Waals surface area contributed by atoms with E-state index < -0.39 is 19.9 Å². The Labute approximate surface area is 225 Å². The van der Waals surface area contributed by atoms with Crippen LogP contribution >= 0.6 is 0 Å². The summed E-state index contributed by atoms with van der Waals surface area (Å²) in [7, 11) is -2.70. The van der Waals surface area contributed by atoms with Gasteiger partial charge in [0.25, 0.3) is 8.32 Å². The summed E-state index contributed by atoms with van der Waals surface area (Å²) in [6.45, 7) is 9.06. The molecule has 0 heterocycles. The van der Waals surface area contributed by atoms with Crippen LogP contribution in [0.4, 0.5) is 0 Å². The second kappa shape index (κ2) is 9.00. The van der Waals surface area contributed by atoms with E-state index in [1.165, 1.54) is 33.0 Å². The number of carbonyl (C=O) groups is 2. The zero-order valence-electron chi connectivity index (χ0n) is 22.4. The van der Waals surface area contributed by atoms with Crippen LogP contribution in [0.25, 0.3) is 16.8 Å². The van der Waals surface area contributed by atoms with Crippen LogP contribution in [0.2, 0.25) is 5.04 Å². The number of aryl methyl sites for hydroxylation is 2. The Hall–Kier alpha value is -3.60. The van der Waals surface area contributed by atoms with E-state index in [-0.39, 0.29) is 11.1 Å². The van der Waals surface area contributed by atoms with Crippen molar-refractivity contribution in [1.29, 1.82) is 0 Å². The van der Waals surface area contributed by atoms with Crippen LogP contribution in [0.15, 0.2) is 84.9 Å². The smallest absolute Gasteiger partial charge is 0.261 e. The van der Waals surface area contributed by atoms with Crippen molar-refractivity contribution in [3.8, 4) is 0 Å². The molecule has 2 aliphatic carbocycles. The molecular weight excluding hydrogens is 484 g/mol. The standard InChI is InChI=1S/C34H32O3Si/c1-22-21-29-25(26-15-16-28-27(32(22)26)17-19-30(35)33(28)36)18-20-31(29)37-38(34(2,3)4,23-11-7-5-8-12-23)24-13-9-6-10-14-24/h5-17,19,21,31H,18,20H2,1-4H3. The van der Waals surface area contributed by atoms with Gasteiger partial charge in [0.1, 0.15) is 0 Å². The molecule has 0 N–H and O–H groups in total. The van der Waals surface area contributed by atoms with Crippen LogP contribution in [0.5, 0.6) is 0 Å². The molecule has 0 aromatic heterocycles. The van der Waals surface area contributed by atoms with E-state index in [1.807, 2.05) is 18.2 Å². The first-order valence-electron chi connectivity index (χ1n) is 13.4. The number of benzene rings is 4. The van der Waals surface area contributed by atoms with Crippen LogP contribution in [-0.4, -0.2) is 19.9 Å². The Bertz CT molecular complexity index is 1570. The van der Waals surface area contributed by atoms with Gasteiger partial charge in [-0.05, 0) is 86.4 Å². The first-order valence-corrected chi connectivity index (χ1v) is 15.3. The molecule has 0 fully saturated rings. The highest BCUT2D eigenvalue weighted by Crippen LogP contribution is 2.46. The number of Topliss-reactive ketones (excluding diaryl/α,β-unsaturated/α-hetero) is 1. The molecule has 3 nitrogen and oxygen atoms in total. The number of ketones is 2. The monoisotopic (exact) mass is 516 g/mol. The topological polar surface area (TPSA) is 43.4 Å². The highest BCUT2D eigenvalue weighted by molar-refractivity contribution is 6.99. The van der Waals surface area contributed by atoms with Gasteiger partial charge in [0.2, 0.25) is 11.6 Å². The lowest BCUT2D eigenvalue weighted by Gasteiger charge is -2.45. The van der Waals surface area contributed by atoms with Crippen molar-refractivity contribution in [2.45, 2.75) is 51.7 Å². The zero-order chi connectivity index (χ0) is 26.7. The summed E-state index contributed by atoms with van der Waals surface area (Å²) >= 11 is 0. The van der Waals surface area contributed by atoms with Crippen molar-refractivity contribution >= 4 is 47.1 Å². The summed E-state index contributed by atoms with van der Waals surface area (Å²) in [4.78, 5) is 24.6. The van der Waals surface area contributed by atoms with E-state index in [1.54, 1.807) is 0 Å². The molecule has 0 saturated heterocycles. The Morgan fingerprint density at radius 1 is 0.842 bits per heavy atom. The van der Waals surface area contributed by atoms with E-state index in [0.717, 1.165) is 29.4 Å². The summed E-state index contributed by atoms with van der Waals surface area (Å²) in [6, 6.07) is 27.7. The largest absolute Gasteiger partial charge is 0.400 e. The quantitative estimate of drug-likeness (QED) is 0.230. The van der Waals surface area contributed by atoms with Gasteiger partial charge in [-0.3, -0.25) is 9.59 Å². The molecule has 38 heavy (non-hydrogen) atoms. The SMILES string of the molecule is Cc1cc2c(c3ccc4c(c13)C=CC(=O)C4=O)CCC2O[Si](c1ccccc1)(c1ccccc1)C(C)(C)C. The maximum Gasteiger partial charge on any atom is 0.261 e. The number of hydrogen-bond donors (Lipinski definition) is 0. The van der Waals surface area contributed by atoms with E-state index >= 15 is 0 Å². The first-order chi connectivity index (χ1) is 18.2. The fourth-order valence-electron chi connectivity index (χ4n) is 6.61. The normalized spacial score (nSPS) is 17.1. The van der Waals surface area contributed by atoms with Gasteiger partial charge in [0.05, 0.1) is 6.10 Å². The summed E-state index contributed by atoms with van der Waals surface area (Å²) < 4.78 is 7.54. The van der Waals surface area contributed by atoms with Gasteiger partial charge in [0, 0.05) is 5.56 Å². The van der Waals surface area contributed by atoms with Crippen LogP contribution in [0, 0.1) is 6.92 Å². The molecule has 190 valence electrons. The molecule has 2 aliphatic rings. The molecule has 4 aromatic carbocycles. The summed E-state index contributed by atoms with van der Waals surface area (Å²) in [5.74, 6) is -0.869. The van der Waals surface area contributed by atoms with Gasteiger partial charge in [-0.2, -0.15) is 0 Å². The summed E-state index contributed by atoms with van der Waals surface area (Å²) in [5, 5.41) is 4.71. The number of fused-ring (bicyclic) bond motifs is 5. The average molecular weight is 517 g/mol. The molecule has 0 bridgehead atoms. The first kappa shape index (κ1) is 24.7. The van der Waals surface area contributed by atoms with Gasteiger partial charge in [-0.1, -0.05) is 93.6 Å². The van der Waals surface area contributed by atoms with Crippen molar-refractivity contribution in [1.82, 2.24) is 0 Å². The second-order valence-electron chi connectivity index (χ2n) is 11.5. The van der Waals surface area contributed by atoms with Crippen LogP contribution in [0.3, 0.4) is 0 Å². The molecule has 0 radical (unpaired) electrons. The summed E-state index contributed by atoms with van der Waals surface area (Å²) in [5.41, 5.74) is 5.04. The van der Waals surface area contributed by atoms with Crippen LogP contribution < -0.4 is 10.4 Å². The average Bonchev–Trinajstić information content (AvgIpc) is 3.31. The Morgan fingerprint density at radius 2 is 1.47 bits per heavy atom. The number of hydrogen-bond acceptors (Lipinski definition) is 3. The number of allylic oxidation sites excluding steroid dienone is 1. The van der Waals surface area contributed by atoms with Crippen molar-refractivity contribution < 1.29 is 14.0 Å². The van der Waals surface area contributed by atoms with Gasteiger partial charge in [-0.25, -0.2) is 0 Å². The molecule has 1 unspecified atom stereocenters. The van der Waals surface area contributed by atoms with E-state index in [4.69, 9.17) is 4.43 Å². The summed E-state index contributed by atoms with van der Waals surface area (Å²) in [6.07, 6.45) is 5.04. The lowest BCUT2D eigenvalue weighted by Crippen LogP contribution is -2.66. The number of rotatable bonds is 4. The minimum Gasteiger partial charge on any atom is -0.400 e. The fourth-order valence-corrected chi connectivity index (χ4v) is 11.3. The predicted octanol–water partition coefficient (Wildman–Crippen LogP) is 6.49. The predicted molar refractivity (Wildman–Crippen MR) is 157 cm³/mol. The van der Waals surface area contributed by atoms with E-state index in [0.29, 0.717) is 5.56 Å². The fraction of sp³-hybridized carbons (Fsp3) is 0.235. The molecule has 6 rings (SSSR count). The Kier molecular flexibility index (Phi) is 5.86. The Balaban J connectivity index is 1.52. The third-order valence-electron chi connectivity index (χ3n) is 8.29. The van der Waals surface area contributed by atoms with Gasteiger partial charge in [-0.15, -0.1) is 0 Å². The zero-order valence-corrected chi connectivity index (χ0v) is 23.4. The van der Waals surface area contributed by atoms with Crippen molar-refractivity contribution in [2.24, 2.45) is 0 Å². The lowest BCUT2D eigenvalue weighted by molar-refractivity contribution is -0.110. The molecule has 0 saturated carbocycles.